The van der Waals surface area contributed by atoms with Crippen LogP contribution in [0.5, 0.6) is 0 Å². The van der Waals surface area contributed by atoms with E-state index in [4.69, 9.17) is 17.3 Å². The Balaban J connectivity index is 1.97. The van der Waals surface area contributed by atoms with Gasteiger partial charge in [-0.3, -0.25) is 9.59 Å². The number of hydrogen-bond donors (Lipinski definition) is 2. The highest BCUT2D eigenvalue weighted by atomic mass is 35.5. The number of benzene rings is 2. The molecule has 3 rings (SSSR count). The molecule has 0 aliphatic heterocycles. The maximum absolute atomic E-state index is 13.6. The number of rotatable bonds is 8. The number of carbonyl (C=O) groups excluding carboxylic acids is 2. The second-order valence-corrected chi connectivity index (χ2v) is 10.2. The van der Waals surface area contributed by atoms with Gasteiger partial charge >= 0.3 is 0 Å². The Morgan fingerprint density at radius 1 is 1.06 bits per heavy atom. The van der Waals surface area contributed by atoms with E-state index in [1.54, 1.807) is 24.3 Å². The van der Waals surface area contributed by atoms with E-state index in [1.807, 2.05) is 6.92 Å². The fraction of sp³-hybridized carbons (Fsp3) is 0.391. The molecule has 3 N–H and O–H groups in total. The summed E-state index contributed by atoms with van der Waals surface area (Å²) in [5.41, 5.74) is 6.86. The largest absolute Gasteiger partial charge is 0.369 e. The van der Waals surface area contributed by atoms with Crippen LogP contribution in [0.1, 0.15) is 48.5 Å². The zero-order valence-corrected chi connectivity index (χ0v) is 19.5. The van der Waals surface area contributed by atoms with Crippen molar-refractivity contribution in [3.8, 4) is 0 Å². The van der Waals surface area contributed by atoms with Crippen molar-refractivity contribution in [2.75, 3.05) is 6.54 Å². The third-order valence-corrected chi connectivity index (χ3v) is 7.91. The highest BCUT2D eigenvalue weighted by Gasteiger charge is 2.40. The van der Waals surface area contributed by atoms with Crippen LogP contribution >= 0.6 is 11.6 Å². The van der Waals surface area contributed by atoms with Crippen molar-refractivity contribution in [1.82, 2.24) is 9.62 Å². The molecule has 1 fully saturated rings. The van der Waals surface area contributed by atoms with E-state index in [9.17, 15) is 18.0 Å². The van der Waals surface area contributed by atoms with Crippen molar-refractivity contribution in [1.29, 1.82) is 0 Å². The summed E-state index contributed by atoms with van der Waals surface area (Å²) in [4.78, 5) is 24.3. The minimum atomic E-state index is -3.93. The van der Waals surface area contributed by atoms with Gasteiger partial charge in [-0.05, 0) is 61.7 Å². The van der Waals surface area contributed by atoms with E-state index in [0.717, 1.165) is 12.8 Å². The highest BCUT2D eigenvalue weighted by Crippen LogP contribution is 2.33. The molecule has 2 amide bonds. The number of nitrogens with two attached hydrogens (primary N) is 1. The Labute approximate surface area is 194 Å². The van der Waals surface area contributed by atoms with Crippen LogP contribution in [0, 0.1) is 5.92 Å². The second kappa shape index (κ2) is 10.5. The van der Waals surface area contributed by atoms with E-state index in [-0.39, 0.29) is 17.3 Å². The van der Waals surface area contributed by atoms with E-state index < -0.39 is 27.9 Å². The van der Waals surface area contributed by atoms with E-state index >= 15 is 0 Å². The quantitative estimate of drug-likeness (QED) is 0.607. The summed E-state index contributed by atoms with van der Waals surface area (Å²) in [6, 6.07) is 12.2. The van der Waals surface area contributed by atoms with Gasteiger partial charge < -0.3 is 11.1 Å². The molecule has 32 heavy (non-hydrogen) atoms. The zero-order valence-electron chi connectivity index (χ0n) is 18.0. The standard InChI is InChI=1S/C23H28ClN3O4S/c1-2-26-23(29)17-9-7-16(8-10-17)15-27(21-6-4-3-5-20(21)22(25)28)32(30,31)19-13-11-18(24)12-14-19/h7-14,20-21H,2-6,15H2,1H3,(H2,25,28)(H,26,29)/t20-,21?/m0/s1. The number of nitrogens with one attached hydrogen (secondary N) is 1. The molecule has 0 heterocycles. The van der Waals surface area contributed by atoms with Gasteiger partial charge in [0, 0.05) is 29.7 Å². The Bertz CT molecular complexity index is 1060. The molecule has 9 heteroatoms. The first-order valence-electron chi connectivity index (χ1n) is 10.7. The summed E-state index contributed by atoms with van der Waals surface area (Å²) in [5, 5.41) is 3.17. The molecule has 1 aliphatic rings. The van der Waals surface area contributed by atoms with Gasteiger partial charge in [-0.15, -0.1) is 0 Å². The van der Waals surface area contributed by atoms with Gasteiger partial charge in [0.05, 0.1) is 10.8 Å². The van der Waals surface area contributed by atoms with Crippen LogP contribution in [-0.4, -0.2) is 37.1 Å². The van der Waals surface area contributed by atoms with Crippen LogP contribution in [0.2, 0.25) is 5.02 Å². The summed E-state index contributed by atoms with van der Waals surface area (Å²) in [7, 11) is -3.93. The number of nitrogens with zero attached hydrogens (tertiary/aromatic N) is 1. The van der Waals surface area contributed by atoms with Crippen molar-refractivity contribution < 1.29 is 18.0 Å². The predicted molar refractivity (Wildman–Crippen MR) is 124 cm³/mol. The fourth-order valence-corrected chi connectivity index (χ4v) is 5.92. The zero-order chi connectivity index (χ0) is 23.3. The van der Waals surface area contributed by atoms with Gasteiger partial charge in [0.15, 0.2) is 0 Å². The van der Waals surface area contributed by atoms with Crippen molar-refractivity contribution in [2.24, 2.45) is 11.7 Å². The summed E-state index contributed by atoms with van der Waals surface area (Å²) in [5.74, 6) is -1.23. The van der Waals surface area contributed by atoms with Gasteiger partial charge in [0.25, 0.3) is 5.91 Å². The van der Waals surface area contributed by atoms with Crippen LogP contribution in [0.3, 0.4) is 0 Å². The van der Waals surface area contributed by atoms with Crippen LogP contribution in [-0.2, 0) is 21.4 Å². The first kappa shape index (κ1) is 24.2. The average molecular weight is 478 g/mol. The maximum Gasteiger partial charge on any atom is 0.251 e. The molecule has 1 saturated carbocycles. The molecule has 0 saturated heterocycles. The first-order valence-corrected chi connectivity index (χ1v) is 12.5. The summed E-state index contributed by atoms with van der Waals surface area (Å²) in [6.45, 7) is 2.42. The van der Waals surface area contributed by atoms with Crippen molar-refractivity contribution in [3.05, 3.63) is 64.7 Å². The van der Waals surface area contributed by atoms with Crippen LogP contribution < -0.4 is 11.1 Å². The number of halogens is 1. The molecular weight excluding hydrogens is 450 g/mol. The van der Waals surface area contributed by atoms with Crippen molar-refractivity contribution >= 4 is 33.4 Å². The Kier molecular flexibility index (Phi) is 7.92. The molecule has 2 aromatic carbocycles. The topological polar surface area (TPSA) is 110 Å². The Morgan fingerprint density at radius 3 is 2.28 bits per heavy atom. The molecule has 2 atom stereocenters. The number of sulfonamides is 1. The molecule has 0 spiro atoms. The SMILES string of the molecule is CCNC(=O)c1ccc(CN(C2CCCC[C@@H]2C(N)=O)S(=O)(=O)c2ccc(Cl)cc2)cc1. The summed E-state index contributed by atoms with van der Waals surface area (Å²) >= 11 is 5.95. The maximum atomic E-state index is 13.6. The molecular formula is C23H28ClN3O4S. The van der Waals surface area contributed by atoms with Crippen molar-refractivity contribution in [2.45, 2.75) is 50.1 Å². The van der Waals surface area contributed by atoms with Crippen LogP contribution in [0.4, 0.5) is 0 Å². The first-order chi connectivity index (χ1) is 15.2. The van der Waals surface area contributed by atoms with Gasteiger partial charge in [-0.25, -0.2) is 8.42 Å². The molecule has 0 radical (unpaired) electrons. The third kappa shape index (κ3) is 5.49. The molecule has 0 bridgehead atoms. The van der Waals surface area contributed by atoms with Crippen molar-refractivity contribution in [3.63, 3.8) is 0 Å². The lowest BCUT2D eigenvalue weighted by Gasteiger charge is -2.38. The highest BCUT2D eigenvalue weighted by molar-refractivity contribution is 7.89. The van der Waals surface area contributed by atoms with Gasteiger partial charge in [0.2, 0.25) is 15.9 Å². The molecule has 7 nitrogen and oxygen atoms in total. The number of primary amides is 1. The molecule has 172 valence electrons. The minimum absolute atomic E-state index is 0.0646. The Hall–Kier alpha value is -2.42. The minimum Gasteiger partial charge on any atom is -0.369 e. The monoisotopic (exact) mass is 477 g/mol. The summed E-state index contributed by atoms with van der Waals surface area (Å²) < 4.78 is 28.7. The fourth-order valence-electron chi connectivity index (χ4n) is 4.11. The number of hydrogen-bond acceptors (Lipinski definition) is 4. The average Bonchev–Trinajstić information content (AvgIpc) is 2.78. The normalized spacial score (nSPS) is 19.0. The lowest BCUT2D eigenvalue weighted by Crippen LogP contribution is -2.49. The van der Waals surface area contributed by atoms with E-state index in [2.05, 4.69) is 5.32 Å². The number of carbonyl (C=O) groups is 2. The third-order valence-electron chi connectivity index (χ3n) is 5.78. The van der Waals surface area contributed by atoms with Crippen LogP contribution in [0.15, 0.2) is 53.4 Å². The smallest absolute Gasteiger partial charge is 0.251 e. The van der Waals surface area contributed by atoms with E-state index in [0.29, 0.717) is 35.5 Å². The van der Waals surface area contributed by atoms with E-state index in [1.165, 1.54) is 28.6 Å². The summed E-state index contributed by atoms with van der Waals surface area (Å²) in [6.07, 6.45) is 2.76. The predicted octanol–water partition coefficient (Wildman–Crippen LogP) is 3.32. The number of amides is 2. The Morgan fingerprint density at radius 2 is 1.69 bits per heavy atom. The van der Waals surface area contributed by atoms with Gasteiger partial charge in [-0.1, -0.05) is 36.6 Å². The van der Waals surface area contributed by atoms with Gasteiger partial charge in [-0.2, -0.15) is 4.31 Å². The lowest BCUT2D eigenvalue weighted by molar-refractivity contribution is -0.124. The lowest BCUT2D eigenvalue weighted by atomic mass is 9.84. The second-order valence-electron chi connectivity index (χ2n) is 7.92. The van der Waals surface area contributed by atoms with Gasteiger partial charge in [0.1, 0.15) is 0 Å². The molecule has 0 aromatic heterocycles. The molecule has 1 aliphatic carbocycles. The molecule has 1 unspecified atom stereocenters. The van der Waals surface area contributed by atoms with Crippen LogP contribution in [0.25, 0.3) is 0 Å². The molecule has 2 aromatic rings.